The third-order valence-corrected chi connectivity index (χ3v) is 2.87. The van der Waals surface area contributed by atoms with Gasteiger partial charge in [-0.25, -0.2) is 4.99 Å². The van der Waals surface area contributed by atoms with Crippen molar-refractivity contribution in [1.29, 1.82) is 0 Å². The third-order valence-electron chi connectivity index (χ3n) is 2.87. The number of hydrogen-bond donors (Lipinski definition) is 2. The van der Waals surface area contributed by atoms with Crippen LogP contribution in [0.15, 0.2) is 29.3 Å². The molecule has 0 aromatic heterocycles. The Hall–Kier alpha value is -0.980. The Morgan fingerprint density at radius 3 is 2.70 bits per heavy atom. The maximum absolute atomic E-state index is 9.43. The second-order valence-corrected chi connectivity index (χ2v) is 4.62. The molecular formula is C15H26IN3O. The molecule has 4 nitrogen and oxygen atoms in total. The van der Waals surface area contributed by atoms with Gasteiger partial charge in [-0.15, -0.1) is 24.0 Å². The van der Waals surface area contributed by atoms with E-state index in [0.29, 0.717) is 6.54 Å². The Morgan fingerprint density at radius 2 is 2.10 bits per heavy atom. The van der Waals surface area contributed by atoms with Gasteiger partial charge in [-0.1, -0.05) is 25.5 Å². The summed E-state index contributed by atoms with van der Waals surface area (Å²) in [4.78, 5) is 6.75. The molecule has 1 aromatic rings. The van der Waals surface area contributed by atoms with E-state index in [1.165, 1.54) is 6.42 Å². The van der Waals surface area contributed by atoms with E-state index in [4.69, 9.17) is 0 Å². The van der Waals surface area contributed by atoms with E-state index in [2.05, 4.69) is 36.1 Å². The minimum absolute atomic E-state index is 0. The van der Waals surface area contributed by atoms with Gasteiger partial charge in [0.15, 0.2) is 5.96 Å². The highest BCUT2D eigenvalue weighted by molar-refractivity contribution is 14.0. The number of unbranched alkanes of at least 4 members (excludes halogenated alkanes) is 1. The molecule has 114 valence electrons. The van der Waals surface area contributed by atoms with Crippen LogP contribution in [0.1, 0.15) is 32.3 Å². The number of halogens is 1. The number of benzene rings is 1. The summed E-state index contributed by atoms with van der Waals surface area (Å²) in [6.07, 6.45) is 2.34. The first-order valence-electron chi connectivity index (χ1n) is 6.94. The van der Waals surface area contributed by atoms with Crippen molar-refractivity contribution in [3.8, 4) is 5.75 Å². The SMILES string of the molecule is CCCCN(C)C(=NCc1cccc(O)c1)NCC.I. The topological polar surface area (TPSA) is 47.9 Å². The number of phenolic OH excluding ortho intramolecular Hbond substituents is 1. The number of hydrogen-bond acceptors (Lipinski definition) is 2. The zero-order chi connectivity index (χ0) is 14.1. The summed E-state index contributed by atoms with van der Waals surface area (Å²) in [5, 5.41) is 12.7. The number of aromatic hydroxyl groups is 1. The van der Waals surface area contributed by atoms with E-state index in [1.54, 1.807) is 12.1 Å². The van der Waals surface area contributed by atoms with Crippen LogP contribution in [0, 0.1) is 0 Å². The predicted octanol–water partition coefficient (Wildman–Crippen LogP) is 3.21. The molecule has 0 aliphatic rings. The van der Waals surface area contributed by atoms with Gasteiger partial charge in [0.05, 0.1) is 6.54 Å². The van der Waals surface area contributed by atoms with Crippen LogP contribution >= 0.6 is 24.0 Å². The second kappa shape index (κ2) is 10.8. The first-order valence-corrected chi connectivity index (χ1v) is 6.94. The van der Waals surface area contributed by atoms with Crippen LogP contribution in [0.4, 0.5) is 0 Å². The molecule has 0 amide bonds. The molecule has 1 aromatic carbocycles. The van der Waals surface area contributed by atoms with Crippen molar-refractivity contribution in [1.82, 2.24) is 10.2 Å². The molecule has 0 unspecified atom stereocenters. The number of aliphatic imine (C=N–C) groups is 1. The van der Waals surface area contributed by atoms with Crippen molar-refractivity contribution in [3.63, 3.8) is 0 Å². The molecule has 1 rings (SSSR count). The smallest absolute Gasteiger partial charge is 0.193 e. The lowest BCUT2D eigenvalue weighted by Crippen LogP contribution is -2.39. The van der Waals surface area contributed by atoms with E-state index in [1.807, 2.05) is 12.1 Å². The van der Waals surface area contributed by atoms with Crippen LogP contribution in [0.5, 0.6) is 5.75 Å². The lowest BCUT2D eigenvalue weighted by Gasteiger charge is -2.21. The fraction of sp³-hybridized carbons (Fsp3) is 0.533. The number of guanidine groups is 1. The minimum Gasteiger partial charge on any atom is -0.508 e. The van der Waals surface area contributed by atoms with Gasteiger partial charge in [0.1, 0.15) is 5.75 Å². The molecule has 0 bridgehead atoms. The highest BCUT2D eigenvalue weighted by Crippen LogP contribution is 2.11. The zero-order valence-corrected chi connectivity index (χ0v) is 14.9. The monoisotopic (exact) mass is 391 g/mol. The molecule has 0 radical (unpaired) electrons. The van der Waals surface area contributed by atoms with Crippen molar-refractivity contribution in [2.24, 2.45) is 4.99 Å². The Kier molecular flexibility index (Phi) is 10.2. The van der Waals surface area contributed by atoms with Crippen molar-refractivity contribution in [3.05, 3.63) is 29.8 Å². The van der Waals surface area contributed by atoms with E-state index in [0.717, 1.165) is 31.0 Å². The minimum atomic E-state index is 0. The molecule has 20 heavy (non-hydrogen) atoms. The summed E-state index contributed by atoms with van der Waals surface area (Å²) in [7, 11) is 2.06. The summed E-state index contributed by atoms with van der Waals surface area (Å²) in [6.45, 7) is 6.69. The normalized spacial score (nSPS) is 10.8. The van der Waals surface area contributed by atoms with Crippen molar-refractivity contribution < 1.29 is 5.11 Å². The summed E-state index contributed by atoms with van der Waals surface area (Å²) in [6, 6.07) is 7.23. The molecule has 0 atom stereocenters. The van der Waals surface area contributed by atoms with Crippen LogP contribution in [-0.4, -0.2) is 36.1 Å². The molecule has 0 aliphatic carbocycles. The largest absolute Gasteiger partial charge is 0.508 e. The van der Waals surface area contributed by atoms with Gasteiger partial charge < -0.3 is 15.3 Å². The maximum Gasteiger partial charge on any atom is 0.193 e. The summed E-state index contributed by atoms with van der Waals surface area (Å²) in [5.41, 5.74) is 1.01. The standard InChI is InChI=1S/C15H25N3O.HI/c1-4-6-10-18(3)15(16-5-2)17-12-13-8-7-9-14(19)11-13;/h7-9,11,19H,4-6,10,12H2,1-3H3,(H,16,17);1H. The average molecular weight is 391 g/mol. The average Bonchev–Trinajstić information content (AvgIpc) is 2.41. The molecular weight excluding hydrogens is 365 g/mol. The fourth-order valence-electron chi connectivity index (χ4n) is 1.79. The summed E-state index contributed by atoms with van der Waals surface area (Å²) >= 11 is 0. The highest BCUT2D eigenvalue weighted by Gasteiger charge is 2.04. The van der Waals surface area contributed by atoms with Crippen molar-refractivity contribution in [2.45, 2.75) is 33.2 Å². The number of rotatable bonds is 6. The number of nitrogens with zero attached hydrogens (tertiary/aromatic N) is 2. The molecule has 0 saturated carbocycles. The van der Waals surface area contributed by atoms with Crippen LogP contribution < -0.4 is 5.32 Å². The van der Waals surface area contributed by atoms with Crippen LogP contribution in [-0.2, 0) is 6.54 Å². The first-order chi connectivity index (χ1) is 9.17. The maximum atomic E-state index is 9.43. The zero-order valence-electron chi connectivity index (χ0n) is 12.6. The van der Waals surface area contributed by atoms with Gasteiger partial charge in [-0.3, -0.25) is 0 Å². The molecule has 0 heterocycles. The lowest BCUT2D eigenvalue weighted by atomic mass is 10.2. The molecule has 0 aliphatic heterocycles. The fourth-order valence-corrected chi connectivity index (χ4v) is 1.79. The van der Waals surface area contributed by atoms with E-state index in [-0.39, 0.29) is 29.7 Å². The molecule has 0 saturated heterocycles. The van der Waals surface area contributed by atoms with Gasteiger partial charge in [-0.2, -0.15) is 0 Å². The van der Waals surface area contributed by atoms with Crippen LogP contribution in [0.3, 0.4) is 0 Å². The molecule has 0 fully saturated rings. The third kappa shape index (κ3) is 6.98. The Balaban J connectivity index is 0.00000361. The molecule has 2 N–H and O–H groups in total. The van der Waals surface area contributed by atoms with Crippen molar-refractivity contribution >= 4 is 29.9 Å². The van der Waals surface area contributed by atoms with Crippen molar-refractivity contribution in [2.75, 3.05) is 20.1 Å². The van der Waals surface area contributed by atoms with E-state index < -0.39 is 0 Å². The Bertz CT molecular complexity index is 410. The van der Waals surface area contributed by atoms with Crippen LogP contribution in [0.2, 0.25) is 0 Å². The van der Waals surface area contributed by atoms with Gasteiger partial charge in [0, 0.05) is 20.1 Å². The highest BCUT2D eigenvalue weighted by atomic mass is 127. The number of phenols is 1. The lowest BCUT2D eigenvalue weighted by molar-refractivity contribution is 0.464. The van der Waals surface area contributed by atoms with Crippen LogP contribution in [0.25, 0.3) is 0 Å². The van der Waals surface area contributed by atoms with Gasteiger partial charge in [0.2, 0.25) is 0 Å². The van der Waals surface area contributed by atoms with Gasteiger partial charge in [0.25, 0.3) is 0 Å². The number of nitrogens with one attached hydrogen (secondary N) is 1. The molecule has 0 spiro atoms. The molecule has 5 heteroatoms. The van der Waals surface area contributed by atoms with E-state index >= 15 is 0 Å². The Labute approximate surface area is 139 Å². The van der Waals surface area contributed by atoms with Gasteiger partial charge >= 0.3 is 0 Å². The second-order valence-electron chi connectivity index (χ2n) is 4.62. The Morgan fingerprint density at radius 1 is 1.35 bits per heavy atom. The predicted molar refractivity (Wildman–Crippen MR) is 95.9 cm³/mol. The van der Waals surface area contributed by atoms with E-state index in [9.17, 15) is 5.11 Å². The quantitative estimate of drug-likeness (QED) is 0.445. The summed E-state index contributed by atoms with van der Waals surface area (Å²) < 4.78 is 0. The summed E-state index contributed by atoms with van der Waals surface area (Å²) in [5.74, 6) is 1.20. The van der Waals surface area contributed by atoms with Gasteiger partial charge in [-0.05, 0) is 31.0 Å². The first kappa shape index (κ1) is 19.0.